The number of rotatable bonds is 45. The highest BCUT2D eigenvalue weighted by Crippen LogP contribution is 2.38. The highest BCUT2D eigenvalue weighted by molar-refractivity contribution is 7.45. The maximum Gasteiger partial charge on any atom is 0.306 e. The summed E-state index contributed by atoms with van der Waals surface area (Å²) in [7, 11) is 1.17. The third-order valence-electron chi connectivity index (χ3n) is 10.7. The van der Waals surface area contributed by atoms with Crippen LogP contribution in [0, 0.1) is 0 Å². The van der Waals surface area contributed by atoms with Crippen LogP contribution in [-0.2, 0) is 32.7 Å². The van der Waals surface area contributed by atoms with Gasteiger partial charge in [-0.1, -0.05) is 192 Å². The van der Waals surface area contributed by atoms with Crippen molar-refractivity contribution >= 4 is 19.8 Å². The largest absolute Gasteiger partial charge is 0.756 e. The number of nitrogens with zero attached hydrogens (tertiary/aromatic N) is 1. The highest BCUT2D eigenvalue weighted by atomic mass is 31.2. The number of esters is 2. The number of allylic oxidation sites excluding steroid dienone is 4. The van der Waals surface area contributed by atoms with Crippen LogP contribution in [0.1, 0.15) is 226 Å². The minimum absolute atomic E-state index is 0.0305. The Morgan fingerprint density at radius 1 is 0.525 bits per heavy atom. The van der Waals surface area contributed by atoms with Crippen molar-refractivity contribution in [1.29, 1.82) is 0 Å². The molecule has 0 saturated carbocycles. The topological polar surface area (TPSA) is 111 Å². The Morgan fingerprint density at radius 3 is 1.37 bits per heavy atom. The van der Waals surface area contributed by atoms with Gasteiger partial charge in [0.05, 0.1) is 27.7 Å². The molecule has 10 heteroatoms. The van der Waals surface area contributed by atoms with E-state index in [1.165, 1.54) is 141 Å². The fraction of sp³-hybridized carbons (Fsp3) is 0.878. The van der Waals surface area contributed by atoms with Crippen LogP contribution in [-0.4, -0.2) is 70.0 Å². The smallest absolute Gasteiger partial charge is 0.306 e. The van der Waals surface area contributed by atoms with Crippen molar-refractivity contribution in [3.63, 3.8) is 0 Å². The predicted octanol–water partition coefficient (Wildman–Crippen LogP) is 13.7. The van der Waals surface area contributed by atoms with Gasteiger partial charge in [0.25, 0.3) is 7.82 Å². The zero-order valence-corrected chi connectivity index (χ0v) is 40.1. The van der Waals surface area contributed by atoms with Crippen LogP contribution in [0.15, 0.2) is 24.3 Å². The Bertz CT molecular complexity index is 1060. The monoisotopic (exact) mass is 856 g/mol. The van der Waals surface area contributed by atoms with Gasteiger partial charge in [0.15, 0.2) is 6.10 Å². The van der Waals surface area contributed by atoms with Crippen LogP contribution in [0.4, 0.5) is 0 Å². The SMILES string of the molecule is CCCCC/C=C\C/C=C\CCCCCCCCCC(=O)O[C@H](COC(=O)CCCCCCCCCCCCCCCCCCCC)COP(=O)([O-])OCC[N+](C)(C)C. The summed E-state index contributed by atoms with van der Waals surface area (Å²) in [6.45, 7) is 4.23. The van der Waals surface area contributed by atoms with E-state index in [4.69, 9.17) is 18.5 Å². The van der Waals surface area contributed by atoms with E-state index in [9.17, 15) is 19.0 Å². The number of carbonyl (C=O) groups excluding carboxylic acids is 2. The summed E-state index contributed by atoms with van der Waals surface area (Å²) in [5.41, 5.74) is 0. The average Bonchev–Trinajstić information content (AvgIpc) is 3.19. The van der Waals surface area contributed by atoms with Gasteiger partial charge in [-0.05, 0) is 44.9 Å². The van der Waals surface area contributed by atoms with Gasteiger partial charge >= 0.3 is 11.9 Å². The molecule has 0 N–H and O–H groups in total. The van der Waals surface area contributed by atoms with E-state index in [1.807, 2.05) is 21.1 Å². The summed E-state index contributed by atoms with van der Waals surface area (Å²) in [5.74, 6) is -0.833. The predicted molar refractivity (Wildman–Crippen MR) is 245 cm³/mol. The Kier molecular flexibility index (Phi) is 40.8. The van der Waals surface area contributed by atoms with Gasteiger partial charge in [0.1, 0.15) is 19.8 Å². The standard InChI is InChI=1S/C49H94NO8P/c1-6-8-10-12-14-16-18-20-22-24-26-27-29-31-33-35-37-39-41-48(51)55-45-47(46-57-59(53,54)56-44-43-50(3,4)5)58-49(52)42-40-38-36-34-32-30-28-25-23-21-19-17-15-13-11-9-7-2/h15,17,21,23,47H,6-14,16,18-20,22,24-46H2,1-5H3/b17-15-,23-21-/t47-/m1/s1. The number of quaternary nitrogens is 1. The molecule has 1 unspecified atom stereocenters. The second-order valence-corrected chi connectivity index (χ2v) is 19.2. The molecule has 0 aromatic carbocycles. The lowest BCUT2D eigenvalue weighted by Gasteiger charge is -2.28. The van der Waals surface area contributed by atoms with Crippen LogP contribution in [0.3, 0.4) is 0 Å². The number of carbonyl (C=O) groups is 2. The van der Waals surface area contributed by atoms with Crippen molar-refractivity contribution in [1.82, 2.24) is 0 Å². The van der Waals surface area contributed by atoms with Gasteiger partial charge < -0.3 is 27.9 Å². The molecule has 348 valence electrons. The molecule has 9 nitrogen and oxygen atoms in total. The average molecular weight is 856 g/mol. The zero-order valence-electron chi connectivity index (χ0n) is 39.2. The van der Waals surface area contributed by atoms with Crippen LogP contribution in [0.5, 0.6) is 0 Å². The molecule has 0 heterocycles. The molecule has 0 aliphatic carbocycles. The van der Waals surface area contributed by atoms with Crippen LogP contribution in [0.25, 0.3) is 0 Å². The number of phosphoric ester groups is 1. The summed E-state index contributed by atoms with van der Waals surface area (Å²) < 4.78 is 34.0. The second-order valence-electron chi connectivity index (χ2n) is 17.8. The molecule has 0 aromatic rings. The molecule has 0 amide bonds. The Morgan fingerprint density at radius 2 is 0.915 bits per heavy atom. The first-order valence-electron chi connectivity index (χ1n) is 24.5. The van der Waals surface area contributed by atoms with Crippen LogP contribution < -0.4 is 4.89 Å². The van der Waals surface area contributed by atoms with E-state index in [0.717, 1.165) is 51.4 Å². The summed E-state index contributed by atoms with van der Waals surface area (Å²) in [6, 6.07) is 0. The van der Waals surface area contributed by atoms with E-state index in [2.05, 4.69) is 38.2 Å². The van der Waals surface area contributed by atoms with Gasteiger partial charge in [0, 0.05) is 12.8 Å². The van der Waals surface area contributed by atoms with Gasteiger partial charge in [-0.25, -0.2) is 0 Å². The Labute approximate surface area is 364 Å². The number of ether oxygens (including phenoxy) is 2. The van der Waals surface area contributed by atoms with E-state index in [-0.39, 0.29) is 32.0 Å². The van der Waals surface area contributed by atoms with Crippen molar-refractivity contribution in [2.24, 2.45) is 0 Å². The van der Waals surface area contributed by atoms with Gasteiger partial charge in [-0.2, -0.15) is 0 Å². The molecule has 0 radical (unpaired) electrons. The molecule has 0 aromatic heterocycles. The minimum Gasteiger partial charge on any atom is -0.756 e. The molecule has 0 spiro atoms. The van der Waals surface area contributed by atoms with E-state index in [1.54, 1.807) is 0 Å². The van der Waals surface area contributed by atoms with Crippen molar-refractivity contribution in [3.8, 4) is 0 Å². The summed E-state index contributed by atoms with van der Waals surface area (Å²) in [4.78, 5) is 37.6. The Hall–Kier alpha value is -1.51. The Balaban J connectivity index is 4.27. The minimum atomic E-state index is -4.63. The first-order valence-corrected chi connectivity index (χ1v) is 26.0. The lowest BCUT2D eigenvalue weighted by Crippen LogP contribution is -2.37. The van der Waals surface area contributed by atoms with Gasteiger partial charge in [-0.3, -0.25) is 14.2 Å². The molecule has 0 aliphatic rings. The molecule has 0 rings (SSSR count). The van der Waals surface area contributed by atoms with Crippen LogP contribution >= 0.6 is 7.82 Å². The van der Waals surface area contributed by atoms with Crippen molar-refractivity contribution in [3.05, 3.63) is 24.3 Å². The molecule has 0 saturated heterocycles. The van der Waals surface area contributed by atoms with Gasteiger partial charge in [-0.15, -0.1) is 0 Å². The summed E-state index contributed by atoms with van der Waals surface area (Å²) >= 11 is 0. The molecule has 59 heavy (non-hydrogen) atoms. The van der Waals surface area contributed by atoms with Gasteiger partial charge in [0.2, 0.25) is 0 Å². The lowest BCUT2D eigenvalue weighted by atomic mass is 10.0. The number of hydrogen-bond acceptors (Lipinski definition) is 8. The molecule has 2 atom stereocenters. The first-order chi connectivity index (χ1) is 28.5. The zero-order chi connectivity index (χ0) is 43.6. The number of likely N-dealkylation sites (N-methyl/N-ethyl adjacent to an activating group) is 1. The fourth-order valence-electron chi connectivity index (χ4n) is 6.86. The first kappa shape index (κ1) is 57.5. The molecular formula is C49H94NO8P. The number of phosphoric acid groups is 1. The van der Waals surface area contributed by atoms with Crippen LogP contribution in [0.2, 0.25) is 0 Å². The molecule has 0 aliphatic heterocycles. The van der Waals surface area contributed by atoms with E-state index >= 15 is 0 Å². The maximum absolute atomic E-state index is 12.7. The molecule has 0 fully saturated rings. The number of unbranched alkanes of at least 4 members (excludes halogenated alkanes) is 27. The maximum atomic E-state index is 12.7. The van der Waals surface area contributed by atoms with Crippen molar-refractivity contribution in [2.45, 2.75) is 232 Å². The normalized spacial score (nSPS) is 13.7. The highest BCUT2D eigenvalue weighted by Gasteiger charge is 2.21. The van der Waals surface area contributed by atoms with E-state index in [0.29, 0.717) is 17.4 Å². The third kappa shape index (κ3) is 45.8. The van der Waals surface area contributed by atoms with Crippen molar-refractivity contribution in [2.75, 3.05) is 47.5 Å². The lowest BCUT2D eigenvalue weighted by molar-refractivity contribution is -0.870. The quantitative estimate of drug-likeness (QED) is 0.0196. The number of hydrogen-bond donors (Lipinski definition) is 0. The summed E-state index contributed by atoms with van der Waals surface area (Å²) in [6.07, 6.45) is 46.3. The fourth-order valence-corrected chi connectivity index (χ4v) is 7.59. The van der Waals surface area contributed by atoms with Crippen molar-refractivity contribution < 1.29 is 42.1 Å². The second kappa shape index (κ2) is 41.8. The third-order valence-corrected chi connectivity index (χ3v) is 11.7. The molecule has 0 bridgehead atoms. The molecular weight excluding hydrogens is 762 g/mol. The summed E-state index contributed by atoms with van der Waals surface area (Å²) in [5, 5.41) is 0. The van der Waals surface area contributed by atoms with E-state index < -0.39 is 26.5 Å².